The zero-order valence-electron chi connectivity index (χ0n) is 13.3. The molecule has 3 nitrogen and oxygen atoms in total. The molecule has 0 saturated carbocycles. The normalized spacial score (nSPS) is 12.3. The number of amides is 1. The van der Waals surface area contributed by atoms with Crippen molar-refractivity contribution in [3.05, 3.63) is 29.3 Å². The third kappa shape index (κ3) is 6.09. The number of aryl methyl sites for hydroxylation is 2. The molecule has 1 amide bonds. The Bertz CT molecular complexity index is 441. The lowest BCUT2D eigenvalue weighted by atomic mass is 10.0. The molecule has 1 N–H and O–H groups in total. The number of hydrogen-bond acceptors (Lipinski definition) is 2. The molecule has 0 radical (unpaired) electrons. The van der Waals surface area contributed by atoms with Crippen molar-refractivity contribution in [2.45, 2.75) is 53.5 Å². The number of ether oxygens (including phenoxy) is 1. The van der Waals surface area contributed by atoms with Gasteiger partial charge in [-0.15, -0.1) is 0 Å². The van der Waals surface area contributed by atoms with Crippen molar-refractivity contribution in [3.63, 3.8) is 0 Å². The standard InChI is InChI=1S/C17H27NO2/c1-12(2)6-9-15(5)18-17(19)11-20-16-10-13(3)7-8-14(16)4/h7-8,10,12,15H,6,9,11H2,1-5H3,(H,18,19). The second-order valence-corrected chi connectivity index (χ2v) is 6.00. The van der Waals surface area contributed by atoms with Crippen molar-refractivity contribution in [1.82, 2.24) is 5.32 Å². The second-order valence-electron chi connectivity index (χ2n) is 6.00. The van der Waals surface area contributed by atoms with Crippen LogP contribution in [-0.4, -0.2) is 18.6 Å². The Balaban J connectivity index is 2.37. The van der Waals surface area contributed by atoms with Crippen LogP contribution in [0.2, 0.25) is 0 Å². The zero-order valence-corrected chi connectivity index (χ0v) is 13.3. The van der Waals surface area contributed by atoms with Crippen LogP contribution >= 0.6 is 0 Å². The van der Waals surface area contributed by atoms with Gasteiger partial charge < -0.3 is 10.1 Å². The summed E-state index contributed by atoms with van der Waals surface area (Å²) in [5.74, 6) is 1.40. The summed E-state index contributed by atoms with van der Waals surface area (Å²) in [7, 11) is 0. The van der Waals surface area contributed by atoms with E-state index < -0.39 is 0 Å². The molecule has 1 aromatic carbocycles. The molecular weight excluding hydrogens is 250 g/mol. The molecule has 0 aliphatic rings. The lowest BCUT2D eigenvalue weighted by Gasteiger charge is -2.16. The topological polar surface area (TPSA) is 38.3 Å². The Morgan fingerprint density at radius 2 is 1.90 bits per heavy atom. The fraction of sp³-hybridized carbons (Fsp3) is 0.588. The van der Waals surface area contributed by atoms with Crippen LogP contribution in [0.1, 0.15) is 44.7 Å². The smallest absolute Gasteiger partial charge is 0.258 e. The monoisotopic (exact) mass is 277 g/mol. The second kappa shape index (κ2) is 7.93. The van der Waals surface area contributed by atoms with Gasteiger partial charge in [-0.05, 0) is 56.7 Å². The highest BCUT2D eigenvalue weighted by molar-refractivity contribution is 5.77. The van der Waals surface area contributed by atoms with E-state index in [9.17, 15) is 4.79 Å². The lowest BCUT2D eigenvalue weighted by molar-refractivity contribution is -0.123. The van der Waals surface area contributed by atoms with Crippen LogP contribution in [0.4, 0.5) is 0 Å². The van der Waals surface area contributed by atoms with Gasteiger partial charge in [-0.1, -0.05) is 26.0 Å². The summed E-state index contributed by atoms with van der Waals surface area (Å²) in [6, 6.07) is 6.21. The van der Waals surface area contributed by atoms with Gasteiger partial charge in [0.2, 0.25) is 0 Å². The molecule has 0 aliphatic heterocycles. The quantitative estimate of drug-likeness (QED) is 0.826. The van der Waals surface area contributed by atoms with Gasteiger partial charge in [0.1, 0.15) is 5.75 Å². The van der Waals surface area contributed by atoms with E-state index in [1.807, 2.05) is 39.0 Å². The zero-order chi connectivity index (χ0) is 15.1. The van der Waals surface area contributed by atoms with Crippen LogP contribution in [0.25, 0.3) is 0 Å². The molecule has 0 fully saturated rings. The average molecular weight is 277 g/mol. The summed E-state index contributed by atoms with van der Waals surface area (Å²) in [4.78, 5) is 11.8. The Kier molecular flexibility index (Phi) is 6.56. The predicted octanol–water partition coefficient (Wildman–Crippen LogP) is 3.62. The van der Waals surface area contributed by atoms with Crippen LogP contribution < -0.4 is 10.1 Å². The van der Waals surface area contributed by atoms with Gasteiger partial charge >= 0.3 is 0 Å². The molecule has 0 spiro atoms. The average Bonchev–Trinajstić information content (AvgIpc) is 2.37. The van der Waals surface area contributed by atoms with Crippen molar-refractivity contribution in [2.75, 3.05) is 6.61 Å². The molecule has 0 bridgehead atoms. The number of nitrogens with one attached hydrogen (secondary N) is 1. The maximum Gasteiger partial charge on any atom is 0.258 e. The van der Waals surface area contributed by atoms with Crippen LogP contribution in [-0.2, 0) is 4.79 Å². The minimum Gasteiger partial charge on any atom is -0.483 e. The van der Waals surface area contributed by atoms with E-state index >= 15 is 0 Å². The molecule has 0 aliphatic carbocycles. The van der Waals surface area contributed by atoms with E-state index in [1.54, 1.807) is 0 Å². The maximum absolute atomic E-state index is 11.8. The van der Waals surface area contributed by atoms with Crippen LogP contribution in [0.3, 0.4) is 0 Å². The fourth-order valence-electron chi connectivity index (χ4n) is 1.98. The van der Waals surface area contributed by atoms with Gasteiger partial charge in [0.15, 0.2) is 6.61 Å². The van der Waals surface area contributed by atoms with E-state index in [4.69, 9.17) is 4.74 Å². The SMILES string of the molecule is Cc1ccc(C)c(OCC(=O)NC(C)CCC(C)C)c1. The Labute approximate surface area is 122 Å². The predicted molar refractivity (Wildman–Crippen MR) is 83.1 cm³/mol. The van der Waals surface area contributed by atoms with E-state index in [-0.39, 0.29) is 18.6 Å². The lowest BCUT2D eigenvalue weighted by Crippen LogP contribution is -2.36. The molecule has 1 rings (SSSR count). The first-order valence-corrected chi connectivity index (χ1v) is 7.38. The van der Waals surface area contributed by atoms with Crippen LogP contribution in [0, 0.1) is 19.8 Å². The molecular formula is C17H27NO2. The third-order valence-electron chi connectivity index (χ3n) is 3.29. The highest BCUT2D eigenvalue weighted by atomic mass is 16.5. The van der Waals surface area contributed by atoms with Crippen molar-refractivity contribution >= 4 is 5.91 Å². The molecule has 0 heterocycles. The first-order chi connectivity index (χ1) is 9.38. The highest BCUT2D eigenvalue weighted by Gasteiger charge is 2.09. The molecule has 0 saturated heterocycles. The molecule has 20 heavy (non-hydrogen) atoms. The summed E-state index contributed by atoms with van der Waals surface area (Å²) >= 11 is 0. The number of rotatable bonds is 7. The fourth-order valence-corrected chi connectivity index (χ4v) is 1.98. The van der Waals surface area contributed by atoms with Gasteiger partial charge in [-0.3, -0.25) is 4.79 Å². The molecule has 0 aromatic heterocycles. The molecule has 1 atom stereocenters. The first-order valence-electron chi connectivity index (χ1n) is 7.38. The van der Waals surface area contributed by atoms with E-state index in [0.717, 1.165) is 29.7 Å². The summed E-state index contributed by atoms with van der Waals surface area (Å²) in [5, 5.41) is 2.98. The highest BCUT2D eigenvalue weighted by Crippen LogP contribution is 2.18. The van der Waals surface area contributed by atoms with Gasteiger partial charge in [-0.2, -0.15) is 0 Å². The van der Waals surface area contributed by atoms with Crippen molar-refractivity contribution in [1.29, 1.82) is 0 Å². The van der Waals surface area contributed by atoms with Gasteiger partial charge in [0.05, 0.1) is 0 Å². The number of hydrogen-bond donors (Lipinski definition) is 1. The summed E-state index contributed by atoms with van der Waals surface area (Å²) in [5.41, 5.74) is 2.19. The summed E-state index contributed by atoms with van der Waals surface area (Å²) in [6.45, 7) is 10.5. The number of carbonyl (C=O) groups excluding carboxylic acids is 1. The van der Waals surface area contributed by atoms with Gasteiger partial charge in [0.25, 0.3) is 5.91 Å². The number of benzene rings is 1. The minimum atomic E-state index is -0.0536. The van der Waals surface area contributed by atoms with Crippen LogP contribution in [0.15, 0.2) is 18.2 Å². The molecule has 3 heteroatoms. The summed E-state index contributed by atoms with van der Waals surface area (Å²) in [6.07, 6.45) is 2.13. The minimum absolute atomic E-state index is 0.0536. The Hall–Kier alpha value is -1.51. The summed E-state index contributed by atoms with van der Waals surface area (Å²) < 4.78 is 5.59. The molecule has 1 aromatic rings. The molecule has 1 unspecified atom stereocenters. The largest absolute Gasteiger partial charge is 0.483 e. The van der Waals surface area contributed by atoms with E-state index in [0.29, 0.717) is 5.92 Å². The maximum atomic E-state index is 11.8. The number of carbonyl (C=O) groups is 1. The van der Waals surface area contributed by atoms with E-state index in [1.165, 1.54) is 0 Å². The van der Waals surface area contributed by atoms with Gasteiger partial charge in [-0.25, -0.2) is 0 Å². The third-order valence-corrected chi connectivity index (χ3v) is 3.29. The Morgan fingerprint density at radius 3 is 2.55 bits per heavy atom. The first kappa shape index (κ1) is 16.5. The van der Waals surface area contributed by atoms with E-state index in [2.05, 4.69) is 19.2 Å². The Morgan fingerprint density at radius 1 is 1.20 bits per heavy atom. The molecule has 112 valence electrons. The van der Waals surface area contributed by atoms with Crippen molar-refractivity contribution in [2.24, 2.45) is 5.92 Å². The van der Waals surface area contributed by atoms with Gasteiger partial charge in [0, 0.05) is 6.04 Å². The van der Waals surface area contributed by atoms with Crippen molar-refractivity contribution < 1.29 is 9.53 Å². The van der Waals surface area contributed by atoms with Crippen LogP contribution in [0.5, 0.6) is 5.75 Å². The van der Waals surface area contributed by atoms with Crippen molar-refractivity contribution in [3.8, 4) is 5.75 Å².